The normalized spacial score (nSPS) is 26.1. The number of hydrogen-bond donors (Lipinski definition) is 2. The highest BCUT2D eigenvalue weighted by Gasteiger charge is 2.31. The number of aliphatic carboxylic acids is 1. The molecule has 3 nitrogen and oxygen atoms in total. The van der Waals surface area contributed by atoms with Crippen LogP contribution < -0.4 is 5.32 Å². The summed E-state index contributed by atoms with van der Waals surface area (Å²) < 4.78 is 0. The molecule has 1 aliphatic rings. The second-order valence-electron chi connectivity index (χ2n) is 3.95. The Hall–Kier alpha value is -1.35. The number of piperidine rings is 1. The average Bonchev–Trinajstić information content (AvgIpc) is 2.30. The van der Waals surface area contributed by atoms with Crippen molar-refractivity contribution in [2.75, 3.05) is 13.1 Å². The Morgan fingerprint density at radius 2 is 2.07 bits per heavy atom. The third kappa shape index (κ3) is 2.18. The first-order chi connectivity index (χ1) is 7.29. The molecule has 1 fully saturated rings. The third-order valence-corrected chi connectivity index (χ3v) is 3.03. The summed E-state index contributed by atoms with van der Waals surface area (Å²) in [6.07, 6.45) is 0.717. The molecular formula is C12H15NO2. The molecule has 2 unspecified atom stereocenters. The highest BCUT2D eigenvalue weighted by Crippen LogP contribution is 2.29. The van der Waals surface area contributed by atoms with Gasteiger partial charge in [0.15, 0.2) is 0 Å². The molecule has 0 saturated carbocycles. The number of carboxylic acids is 1. The zero-order chi connectivity index (χ0) is 10.7. The Morgan fingerprint density at radius 1 is 1.33 bits per heavy atom. The quantitative estimate of drug-likeness (QED) is 0.768. The Bertz CT molecular complexity index is 337. The van der Waals surface area contributed by atoms with Crippen LogP contribution >= 0.6 is 0 Å². The lowest BCUT2D eigenvalue weighted by Gasteiger charge is -2.29. The Kier molecular flexibility index (Phi) is 3.02. The Balaban J connectivity index is 2.22. The standard InChI is InChI=1S/C12H15NO2/c14-12(15)10-6-7-13-8-11(10)9-4-2-1-3-5-9/h1-5,10-11,13H,6-8H2,(H,14,15). The predicted octanol–water partition coefficient (Wildman–Crippen LogP) is 1.46. The number of hydrogen-bond acceptors (Lipinski definition) is 2. The number of nitrogens with one attached hydrogen (secondary N) is 1. The zero-order valence-corrected chi connectivity index (χ0v) is 8.52. The highest BCUT2D eigenvalue weighted by atomic mass is 16.4. The summed E-state index contributed by atoms with van der Waals surface area (Å²) in [5.74, 6) is -0.809. The van der Waals surface area contributed by atoms with Gasteiger partial charge in [0.05, 0.1) is 5.92 Å². The third-order valence-electron chi connectivity index (χ3n) is 3.03. The van der Waals surface area contributed by atoms with E-state index in [0.717, 1.165) is 25.1 Å². The maximum atomic E-state index is 11.1. The summed E-state index contributed by atoms with van der Waals surface area (Å²) in [7, 11) is 0. The largest absolute Gasteiger partial charge is 0.481 e. The lowest BCUT2D eigenvalue weighted by molar-refractivity contribution is -0.143. The second kappa shape index (κ2) is 4.45. The van der Waals surface area contributed by atoms with E-state index < -0.39 is 5.97 Å². The van der Waals surface area contributed by atoms with Crippen LogP contribution in [0.2, 0.25) is 0 Å². The molecule has 2 N–H and O–H groups in total. The molecule has 1 aromatic rings. The van der Waals surface area contributed by atoms with Crippen molar-refractivity contribution < 1.29 is 9.90 Å². The average molecular weight is 205 g/mol. The van der Waals surface area contributed by atoms with Crippen molar-refractivity contribution in [3.63, 3.8) is 0 Å². The van der Waals surface area contributed by atoms with Gasteiger partial charge in [-0.1, -0.05) is 30.3 Å². The van der Waals surface area contributed by atoms with Gasteiger partial charge in [-0.05, 0) is 18.5 Å². The first kappa shape index (κ1) is 10.2. The van der Waals surface area contributed by atoms with Crippen molar-refractivity contribution >= 4 is 5.97 Å². The maximum Gasteiger partial charge on any atom is 0.307 e. The lowest BCUT2D eigenvalue weighted by Crippen LogP contribution is -2.38. The van der Waals surface area contributed by atoms with Crippen LogP contribution in [0.15, 0.2) is 30.3 Å². The summed E-state index contributed by atoms with van der Waals surface area (Å²) in [4.78, 5) is 11.1. The number of carboxylic acid groups (broad SMARTS) is 1. The van der Waals surface area contributed by atoms with Crippen LogP contribution in [-0.2, 0) is 4.79 Å². The number of carbonyl (C=O) groups is 1. The molecule has 1 aromatic carbocycles. The van der Waals surface area contributed by atoms with Crippen molar-refractivity contribution in [2.45, 2.75) is 12.3 Å². The smallest absolute Gasteiger partial charge is 0.307 e. The lowest BCUT2D eigenvalue weighted by atomic mass is 9.81. The first-order valence-electron chi connectivity index (χ1n) is 5.27. The molecule has 1 heterocycles. The molecule has 2 rings (SSSR count). The van der Waals surface area contributed by atoms with Gasteiger partial charge in [-0.2, -0.15) is 0 Å². The van der Waals surface area contributed by atoms with Gasteiger partial charge in [0.1, 0.15) is 0 Å². The Morgan fingerprint density at radius 3 is 2.73 bits per heavy atom. The summed E-state index contributed by atoms with van der Waals surface area (Å²) in [6, 6.07) is 9.89. The van der Waals surface area contributed by atoms with Crippen molar-refractivity contribution in [3.8, 4) is 0 Å². The fourth-order valence-electron chi connectivity index (χ4n) is 2.20. The second-order valence-corrected chi connectivity index (χ2v) is 3.95. The van der Waals surface area contributed by atoms with Gasteiger partial charge < -0.3 is 10.4 Å². The van der Waals surface area contributed by atoms with Crippen LogP contribution in [0.25, 0.3) is 0 Å². The molecule has 0 aliphatic carbocycles. The van der Waals surface area contributed by atoms with Crippen LogP contribution in [0.4, 0.5) is 0 Å². The van der Waals surface area contributed by atoms with Crippen LogP contribution in [0.5, 0.6) is 0 Å². The van der Waals surface area contributed by atoms with Crippen molar-refractivity contribution in [2.24, 2.45) is 5.92 Å². The van der Waals surface area contributed by atoms with Gasteiger partial charge in [0, 0.05) is 12.5 Å². The monoisotopic (exact) mass is 205 g/mol. The van der Waals surface area contributed by atoms with Gasteiger partial charge >= 0.3 is 5.97 Å². The van der Waals surface area contributed by atoms with E-state index in [4.69, 9.17) is 5.11 Å². The maximum absolute atomic E-state index is 11.1. The van der Waals surface area contributed by atoms with E-state index in [1.165, 1.54) is 0 Å². The van der Waals surface area contributed by atoms with E-state index in [9.17, 15) is 4.79 Å². The van der Waals surface area contributed by atoms with E-state index in [1.807, 2.05) is 30.3 Å². The van der Waals surface area contributed by atoms with E-state index in [1.54, 1.807) is 0 Å². The fraction of sp³-hybridized carbons (Fsp3) is 0.417. The minimum absolute atomic E-state index is 0.109. The van der Waals surface area contributed by atoms with Crippen molar-refractivity contribution in [1.29, 1.82) is 0 Å². The highest BCUT2D eigenvalue weighted by molar-refractivity contribution is 5.71. The molecule has 2 atom stereocenters. The van der Waals surface area contributed by atoms with Gasteiger partial charge in [-0.25, -0.2) is 0 Å². The topological polar surface area (TPSA) is 49.3 Å². The van der Waals surface area contributed by atoms with Crippen LogP contribution in [0.1, 0.15) is 17.9 Å². The summed E-state index contributed by atoms with van der Waals surface area (Å²) in [6.45, 7) is 1.57. The number of benzene rings is 1. The van der Waals surface area contributed by atoms with E-state index >= 15 is 0 Å². The molecule has 0 bridgehead atoms. The molecular weight excluding hydrogens is 190 g/mol. The molecule has 3 heteroatoms. The molecule has 15 heavy (non-hydrogen) atoms. The summed E-state index contributed by atoms with van der Waals surface area (Å²) in [5.41, 5.74) is 1.12. The van der Waals surface area contributed by atoms with Crippen LogP contribution in [-0.4, -0.2) is 24.2 Å². The van der Waals surface area contributed by atoms with Gasteiger partial charge in [-0.15, -0.1) is 0 Å². The minimum atomic E-state index is -0.676. The van der Waals surface area contributed by atoms with E-state index in [2.05, 4.69) is 5.32 Å². The molecule has 1 aliphatic heterocycles. The Labute approximate surface area is 89.1 Å². The fourth-order valence-corrected chi connectivity index (χ4v) is 2.20. The molecule has 80 valence electrons. The first-order valence-corrected chi connectivity index (χ1v) is 5.27. The summed E-state index contributed by atoms with van der Waals surface area (Å²) in [5, 5.41) is 12.4. The molecule has 0 aromatic heterocycles. The summed E-state index contributed by atoms with van der Waals surface area (Å²) >= 11 is 0. The molecule has 0 amide bonds. The molecule has 0 radical (unpaired) electrons. The van der Waals surface area contributed by atoms with Gasteiger partial charge in [-0.3, -0.25) is 4.79 Å². The SMILES string of the molecule is O=C(O)C1CCNCC1c1ccccc1. The van der Waals surface area contributed by atoms with Crippen LogP contribution in [0.3, 0.4) is 0 Å². The predicted molar refractivity (Wildman–Crippen MR) is 57.8 cm³/mol. The zero-order valence-electron chi connectivity index (χ0n) is 8.52. The van der Waals surface area contributed by atoms with E-state index in [0.29, 0.717) is 0 Å². The van der Waals surface area contributed by atoms with Crippen LogP contribution in [0, 0.1) is 5.92 Å². The molecule has 1 saturated heterocycles. The molecule has 0 spiro atoms. The van der Waals surface area contributed by atoms with Gasteiger partial charge in [0.25, 0.3) is 0 Å². The van der Waals surface area contributed by atoms with Crippen molar-refractivity contribution in [3.05, 3.63) is 35.9 Å². The minimum Gasteiger partial charge on any atom is -0.481 e. The van der Waals surface area contributed by atoms with Gasteiger partial charge in [0.2, 0.25) is 0 Å². The van der Waals surface area contributed by atoms with E-state index in [-0.39, 0.29) is 11.8 Å². The van der Waals surface area contributed by atoms with Crippen molar-refractivity contribution in [1.82, 2.24) is 5.32 Å². The number of rotatable bonds is 2.